The Bertz CT molecular complexity index is 1260. The standard InChI is InChI=1S/C26H29N5O5/c1-7-14-30-17-27-29-23(30)20-10-9-11-22(28-20)31(25(33)36-26(3,4)5)24(32)19-16-18(34-6)12-13-21(19)35-15-8-2/h7-13,16-17H,1-2,14-15H2,3-6H3. The summed E-state index contributed by atoms with van der Waals surface area (Å²) in [4.78, 5) is 32.6. The van der Waals surface area contributed by atoms with E-state index in [1.165, 1.54) is 19.2 Å². The molecule has 0 radical (unpaired) electrons. The van der Waals surface area contributed by atoms with Gasteiger partial charge in [-0.25, -0.2) is 9.78 Å². The average Bonchev–Trinajstić information content (AvgIpc) is 3.30. The predicted molar refractivity (Wildman–Crippen MR) is 135 cm³/mol. The van der Waals surface area contributed by atoms with Crippen LogP contribution in [-0.4, -0.2) is 51.1 Å². The number of carbonyl (C=O) groups excluding carboxylic acids is 2. The van der Waals surface area contributed by atoms with E-state index in [4.69, 9.17) is 14.2 Å². The molecule has 2 heterocycles. The number of allylic oxidation sites excluding steroid dienone is 1. The van der Waals surface area contributed by atoms with Crippen LogP contribution in [0.1, 0.15) is 31.1 Å². The molecule has 2 amide bonds. The van der Waals surface area contributed by atoms with Gasteiger partial charge in [0, 0.05) is 6.54 Å². The SMILES string of the molecule is C=CCOc1ccc(OC)cc1C(=O)N(C(=O)OC(C)(C)C)c1cccc(-c2nncn2CC=C)n1. The van der Waals surface area contributed by atoms with Gasteiger partial charge in [0.1, 0.15) is 41.5 Å². The van der Waals surface area contributed by atoms with Crippen LogP contribution in [0.5, 0.6) is 11.5 Å². The molecule has 188 valence electrons. The quantitative estimate of drug-likeness (QED) is 0.397. The van der Waals surface area contributed by atoms with Crippen LogP contribution in [-0.2, 0) is 11.3 Å². The van der Waals surface area contributed by atoms with E-state index >= 15 is 0 Å². The van der Waals surface area contributed by atoms with Crippen LogP contribution in [0.3, 0.4) is 0 Å². The van der Waals surface area contributed by atoms with E-state index in [2.05, 4.69) is 28.3 Å². The zero-order valence-electron chi connectivity index (χ0n) is 20.8. The lowest BCUT2D eigenvalue weighted by molar-refractivity contribution is 0.0562. The fraction of sp³-hybridized carbons (Fsp3) is 0.269. The van der Waals surface area contributed by atoms with Crippen LogP contribution >= 0.6 is 0 Å². The molecule has 36 heavy (non-hydrogen) atoms. The molecular formula is C26H29N5O5. The largest absolute Gasteiger partial charge is 0.497 e. The second-order valence-corrected chi connectivity index (χ2v) is 8.56. The Morgan fingerprint density at radius 2 is 1.92 bits per heavy atom. The monoisotopic (exact) mass is 491 g/mol. The molecule has 0 aliphatic rings. The van der Waals surface area contributed by atoms with E-state index in [1.54, 1.807) is 68.1 Å². The summed E-state index contributed by atoms with van der Waals surface area (Å²) in [5.74, 6) is 0.436. The third kappa shape index (κ3) is 6.15. The van der Waals surface area contributed by atoms with Crippen LogP contribution < -0.4 is 14.4 Å². The number of amides is 2. The molecule has 0 bridgehead atoms. The molecule has 0 N–H and O–H groups in total. The molecule has 0 aliphatic heterocycles. The smallest absolute Gasteiger partial charge is 0.423 e. The number of carbonyl (C=O) groups is 2. The highest BCUT2D eigenvalue weighted by Crippen LogP contribution is 2.29. The number of ether oxygens (including phenoxy) is 3. The zero-order valence-corrected chi connectivity index (χ0v) is 20.8. The van der Waals surface area contributed by atoms with Crippen molar-refractivity contribution in [2.45, 2.75) is 32.9 Å². The Morgan fingerprint density at radius 1 is 1.14 bits per heavy atom. The third-order valence-corrected chi connectivity index (χ3v) is 4.69. The number of hydrogen-bond acceptors (Lipinski definition) is 8. The number of aromatic nitrogens is 4. The Morgan fingerprint density at radius 3 is 2.58 bits per heavy atom. The van der Waals surface area contributed by atoms with Crippen LogP contribution in [0.4, 0.5) is 10.6 Å². The molecule has 0 fully saturated rings. The summed E-state index contributed by atoms with van der Waals surface area (Å²) in [6.07, 6.45) is 3.89. The first-order chi connectivity index (χ1) is 17.2. The van der Waals surface area contributed by atoms with Crippen molar-refractivity contribution in [3.05, 3.63) is 73.6 Å². The van der Waals surface area contributed by atoms with Crippen molar-refractivity contribution in [1.82, 2.24) is 19.7 Å². The van der Waals surface area contributed by atoms with Crippen molar-refractivity contribution >= 4 is 17.8 Å². The summed E-state index contributed by atoms with van der Waals surface area (Å²) in [6, 6.07) is 9.63. The maximum atomic E-state index is 13.9. The fourth-order valence-electron chi connectivity index (χ4n) is 3.18. The van der Waals surface area contributed by atoms with Crippen molar-refractivity contribution < 1.29 is 23.8 Å². The van der Waals surface area contributed by atoms with Crippen LogP contribution in [0.25, 0.3) is 11.5 Å². The maximum absolute atomic E-state index is 13.9. The lowest BCUT2D eigenvalue weighted by atomic mass is 10.1. The van der Waals surface area contributed by atoms with E-state index in [-0.39, 0.29) is 23.7 Å². The van der Waals surface area contributed by atoms with Crippen molar-refractivity contribution in [1.29, 1.82) is 0 Å². The molecule has 10 heteroatoms. The molecule has 0 saturated carbocycles. The molecular weight excluding hydrogens is 462 g/mol. The van der Waals surface area contributed by atoms with Crippen molar-refractivity contribution in [2.75, 3.05) is 18.6 Å². The van der Waals surface area contributed by atoms with Crippen molar-refractivity contribution in [3.8, 4) is 23.0 Å². The molecule has 0 aliphatic carbocycles. The summed E-state index contributed by atoms with van der Waals surface area (Å²) in [5, 5.41) is 8.05. The molecule has 2 aromatic heterocycles. The number of nitrogens with zero attached hydrogens (tertiary/aromatic N) is 5. The third-order valence-electron chi connectivity index (χ3n) is 4.69. The molecule has 10 nitrogen and oxygen atoms in total. The van der Waals surface area contributed by atoms with Crippen LogP contribution in [0, 0.1) is 0 Å². The van der Waals surface area contributed by atoms with Gasteiger partial charge in [-0.15, -0.1) is 16.8 Å². The number of rotatable bonds is 9. The van der Waals surface area contributed by atoms with E-state index in [1.807, 2.05) is 0 Å². The Balaban J connectivity index is 2.13. The first-order valence-electron chi connectivity index (χ1n) is 11.1. The minimum atomic E-state index is -0.901. The first kappa shape index (κ1) is 26.1. The summed E-state index contributed by atoms with van der Waals surface area (Å²) in [6.45, 7) is 13.1. The van der Waals surface area contributed by atoms with Gasteiger partial charge < -0.3 is 18.8 Å². The zero-order chi connectivity index (χ0) is 26.3. The maximum Gasteiger partial charge on any atom is 0.423 e. The second kappa shape index (κ2) is 11.3. The van der Waals surface area contributed by atoms with Gasteiger partial charge in [0.25, 0.3) is 5.91 Å². The van der Waals surface area contributed by atoms with E-state index in [9.17, 15) is 9.59 Å². The lowest BCUT2D eigenvalue weighted by Gasteiger charge is -2.26. The van der Waals surface area contributed by atoms with Crippen molar-refractivity contribution in [2.24, 2.45) is 0 Å². The van der Waals surface area contributed by atoms with E-state index in [0.29, 0.717) is 23.8 Å². The minimum Gasteiger partial charge on any atom is -0.497 e. The van der Waals surface area contributed by atoms with E-state index < -0.39 is 17.6 Å². The number of pyridine rings is 1. The molecule has 3 rings (SSSR count). The Hall–Kier alpha value is -4.47. The highest BCUT2D eigenvalue weighted by atomic mass is 16.6. The highest BCUT2D eigenvalue weighted by Gasteiger charge is 2.33. The fourth-order valence-corrected chi connectivity index (χ4v) is 3.18. The molecule has 3 aromatic rings. The van der Waals surface area contributed by atoms with Gasteiger partial charge in [-0.1, -0.05) is 24.8 Å². The summed E-state index contributed by atoms with van der Waals surface area (Å²) >= 11 is 0. The van der Waals surface area contributed by atoms with Gasteiger partial charge in [-0.2, -0.15) is 4.90 Å². The van der Waals surface area contributed by atoms with Crippen LogP contribution in [0.15, 0.2) is 68.0 Å². The number of imide groups is 1. The van der Waals surface area contributed by atoms with Gasteiger partial charge in [-0.3, -0.25) is 4.79 Å². The van der Waals surface area contributed by atoms with Gasteiger partial charge in [0.2, 0.25) is 0 Å². The van der Waals surface area contributed by atoms with Gasteiger partial charge in [-0.05, 0) is 51.1 Å². The minimum absolute atomic E-state index is 0.0393. The molecule has 0 unspecified atom stereocenters. The van der Waals surface area contributed by atoms with Gasteiger partial charge >= 0.3 is 6.09 Å². The Labute approximate surface area is 209 Å². The predicted octanol–water partition coefficient (Wildman–Crippen LogP) is 4.68. The van der Waals surface area contributed by atoms with Crippen molar-refractivity contribution in [3.63, 3.8) is 0 Å². The summed E-state index contributed by atoms with van der Waals surface area (Å²) < 4.78 is 18.3. The number of hydrogen-bond donors (Lipinski definition) is 0. The van der Waals surface area contributed by atoms with E-state index in [0.717, 1.165) is 4.90 Å². The highest BCUT2D eigenvalue weighted by molar-refractivity contribution is 6.20. The van der Waals surface area contributed by atoms with Gasteiger partial charge in [0.15, 0.2) is 5.82 Å². The summed E-state index contributed by atoms with van der Waals surface area (Å²) in [5.41, 5.74) is -0.375. The Kier molecular flexibility index (Phi) is 8.21. The molecule has 0 spiro atoms. The normalized spacial score (nSPS) is 10.9. The molecule has 0 saturated heterocycles. The molecule has 0 atom stereocenters. The second-order valence-electron chi connectivity index (χ2n) is 8.56. The molecule has 1 aromatic carbocycles. The van der Waals surface area contributed by atoms with Crippen LogP contribution in [0.2, 0.25) is 0 Å². The number of benzene rings is 1. The average molecular weight is 492 g/mol. The van der Waals surface area contributed by atoms with Gasteiger partial charge in [0.05, 0.1) is 12.7 Å². The number of anilines is 1. The number of methoxy groups -OCH3 is 1. The first-order valence-corrected chi connectivity index (χ1v) is 11.1. The topological polar surface area (TPSA) is 109 Å². The summed E-state index contributed by atoms with van der Waals surface area (Å²) in [7, 11) is 1.48. The lowest BCUT2D eigenvalue weighted by Crippen LogP contribution is -2.41.